The lowest BCUT2D eigenvalue weighted by atomic mass is 10.0. The van der Waals surface area contributed by atoms with Crippen molar-refractivity contribution in [2.45, 2.75) is 32.1 Å². The van der Waals surface area contributed by atoms with E-state index in [1.54, 1.807) is 12.1 Å². The molecule has 24 heavy (non-hydrogen) atoms. The van der Waals surface area contributed by atoms with Crippen LogP contribution < -0.4 is 10.2 Å². The molecule has 4 heteroatoms. The van der Waals surface area contributed by atoms with E-state index in [1.807, 2.05) is 30.3 Å². The van der Waals surface area contributed by atoms with Gasteiger partial charge in [-0.25, -0.2) is 0 Å². The van der Waals surface area contributed by atoms with E-state index in [-0.39, 0.29) is 5.43 Å². The highest BCUT2D eigenvalue weighted by Gasteiger charge is 2.15. The molecule has 0 saturated heterocycles. The molecule has 0 fully saturated rings. The minimum absolute atomic E-state index is 0.141. The number of benzene rings is 2. The Morgan fingerprint density at radius 1 is 0.917 bits per heavy atom. The van der Waals surface area contributed by atoms with Crippen molar-refractivity contribution in [3.63, 3.8) is 0 Å². The van der Waals surface area contributed by atoms with Gasteiger partial charge >= 0.3 is 0 Å². The Balaban J connectivity index is 1.76. The van der Waals surface area contributed by atoms with Gasteiger partial charge in [-0.3, -0.25) is 4.79 Å². The van der Waals surface area contributed by atoms with Crippen molar-refractivity contribution in [3.8, 4) is 11.5 Å². The van der Waals surface area contributed by atoms with Gasteiger partial charge in [0, 0.05) is 27.2 Å². The summed E-state index contributed by atoms with van der Waals surface area (Å²) in [5.74, 6) is 1.36. The number of aryl methyl sites for hydroxylation is 1. The molecule has 1 heterocycles. The van der Waals surface area contributed by atoms with Gasteiger partial charge in [-0.1, -0.05) is 18.0 Å². The maximum Gasteiger partial charge on any atom is 0.192 e. The van der Waals surface area contributed by atoms with Gasteiger partial charge < -0.3 is 9.72 Å². The van der Waals surface area contributed by atoms with Crippen LogP contribution in [0.1, 0.15) is 30.5 Å². The number of hydrogen-bond donors (Lipinski definition) is 1. The number of nitrogens with one attached hydrogen (secondary N) is 1. The van der Waals surface area contributed by atoms with E-state index in [9.17, 15) is 4.79 Å². The van der Waals surface area contributed by atoms with Crippen molar-refractivity contribution in [1.82, 2.24) is 4.98 Å². The van der Waals surface area contributed by atoms with Gasteiger partial charge in [0.05, 0.1) is 0 Å². The normalized spacial score (nSPS) is 14.2. The van der Waals surface area contributed by atoms with E-state index in [2.05, 4.69) is 4.98 Å². The molecule has 0 unspecified atom stereocenters. The Kier molecular flexibility index (Phi) is 4.03. The first-order valence-corrected chi connectivity index (χ1v) is 8.70. The van der Waals surface area contributed by atoms with Crippen LogP contribution >= 0.6 is 11.6 Å². The highest BCUT2D eigenvalue weighted by atomic mass is 35.5. The molecular formula is C20H18ClNO2. The second-order valence-corrected chi connectivity index (χ2v) is 6.67. The fourth-order valence-electron chi connectivity index (χ4n) is 3.32. The summed E-state index contributed by atoms with van der Waals surface area (Å²) < 4.78 is 5.85. The average molecular weight is 340 g/mol. The molecule has 0 saturated carbocycles. The third-order valence-corrected chi connectivity index (χ3v) is 4.81. The van der Waals surface area contributed by atoms with Crippen LogP contribution in [0.2, 0.25) is 5.02 Å². The van der Waals surface area contributed by atoms with E-state index in [0.29, 0.717) is 21.9 Å². The molecule has 0 amide bonds. The lowest BCUT2D eigenvalue weighted by molar-refractivity contribution is 0.483. The maximum atomic E-state index is 12.9. The molecular weight excluding hydrogens is 322 g/mol. The maximum absolute atomic E-state index is 12.9. The predicted octanol–water partition coefficient (Wildman–Crippen LogP) is 5.24. The molecule has 0 atom stereocenters. The highest BCUT2D eigenvalue weighted by molar-refractivity contribution is 6.30. The van der Waals surface area contributed by atoms with E-state index in [4.69, 9.17) is 16.3 Å². The minimum Gasteiger partial charge on any atom is -0.457 e. The van der Waals surface area contributed by atoms with Crippen LogP contribution in [0.3, 0.4) is 0 Å². The van der Waals surface area contributed by atoms with Gasteiger partial charge in [-0.05, 0) is 68.1 Å². The van der Waals surface area contributed by atoms with Crippen molar-refractivity contribution >= 4 is 22.5 Å². The molecule has 3 nitrogen and oxygen atoms in total. The molecule has 2 aromatic carbocycles. The summed E-state index contributed by atoms with van der Waals surface area (Å²) in [6.45, 7) is 0. The molecule has 1 aliphatic carbocycles. The van der Waals surface area contributed by atoms with Crippen molar-refractivity contribution in [2.75, 3.05) is 0 Å². The highest BCUT2D eigenvalue weighted by Crippen LogP contribution is 2.26. The first-order chi connectivity index (χ1) is 11.7. The number of halogens is 1. The summed E-state index contributed by atoms with van der Waals surface area (Å²) in [4.78, 5) is 16.3. The molecule has 0 spiro atoms. The zero-order valence-electron chi connectivity index (χ0n) is 13.3. The predicted molar refractivity (Wildman–Crippen MR) is 97.4 cm³/mol. The molecule has 122 valence electrons. The van der Waals surface area contributed by atoms with Crippen LogP contribution in [-0.2, 0) is 12.8 Å². The molecule has 1 N–H and O–H groups in total. The fraction of sp³-hybridized carbons (Fsp3) is 0.250. The van der Waals surface area contributed by atoms with Crippen LogP contribution in [0.5, 0.6) is 11.5 Å². The van der Waals surface area contributed by atoms with Crippen molar-refractivity contribution in [1.29, 1.82) is 0 Å². The third-order valence-electron chi connectivity index (χ3n) is 4.56. The smallest absolute Gasteiger partial charge is 0.192 e. The number of aromatic nitrogens is 1. The lowest BCUT2D eigenvalue weighted by Gasteiger charge is -2.10. The first kappa shape index (κ1) is 15.3. The second-order valence-electron chi connectivity index (χ2n) is 6.24. The lowest BCUT2D eigenvalue weighted by Crippen LogP contribution is -2.14. The second kappa shape index (κ2) is 6.33. The molecule has 4 rings (SSSR count). The Hall–Kier alpha value is -2.26. The number of rotatable bonds is 2. The van der Waals surface area contributed by atoms with Crippen molar-refractivity contribution in [2.24, 2.45) is 0 Å². The number of hydrogen-bond acceptors (Lipinski definition) is 2. The molecule has 0 aliphatic heterocycles. The zero-order chi connectivity index (χ0) is 16.5. The molecule has 3 aromatic rings. The Labute approximate surface area is 145 Å². The molecule has 0 bridgehead atoms. The van der Waals surface area contributed by atoms with E-state index >= 15 is 0 Å². The largest absolute Gasteiger partial charge is 0.457 e. The Morgan fingerprint density at radius 2 is 1.67 bits per heavy atom. The minimum atomic E-state index is 0.141. The topological polar surface area (TPSA) is 42.1 Å². The standard InChI is InChI=1S/C20H18ClNO2/c21-13-6-8-14(9-7-13)24-15-10-11-19-17(12-15)20(23)16-4-2-1-3-5-18(16)22-19/h6-12H,1-5H2,(H,22,23). The summed E-state index contributed by atoms with van der Waals surface area (Å²) >= 11 is 5.89. The van der Waals surface area contributed by atoms with Crippen LogP contribution in [0.15, 0.2) is 47.3 Å². The quantitative estimate of drug-likeness (QED) is 0.648. The monoisotopic (exact) mass is 339 g/mol. The van der Waals surface area contributed by atoms with Crippen LogP contribution in [0.4, 0.5) is 0 Å². The number of fused-ring (bicyclic) bond motifs is 2. The molecule has 1 aliphatic rings. The number of aromatic amines is 1. The number of ether oxygens (including phenoxy) is 1. The number of pyridine rings is 1. The summed E-state index contributed by atoms with van der Waals surface area (Å²) in [5, 5.41) is 1.36. The van der Waals surface area contributed by atoms with Gasteiger partial charge in [0.15, 0.2) is 5.43 Å². The van der Waals surface area contributed by atoms with Gasteiger partial charge in [-0.15, -0.1) is 0 Å². The Morgan fingerprint density at radius 3 is 2.50 bits per heavy atom. The van der Waals surface area contributed by atoms with E-state index in [0.717, 1.165) is 42.5 Å². The van der Waals surface area contributed by atoms with Crippen LogP contribution in [-0.4, -0.2) is 4.98 Å². The van der Waals surface area contributed by atoms with Gasteiger partial charge in [0.1, 0.15) is 11.5 Å². The average Bonchev–Trinajstić information content (AvgIpc) is 2.83. The first-order valence-electron chi connectivity index (χ1n) is 8.32. The fourth-order valence-corrected chi connectivity index (χ4v) is 3.44. The zero-order valence-corrected chi connectivity index (χ0v) is 14.0. The van der Waals surface area contributed by atoms with Crippen LogP contribution in [0.25, 0.3) is 10.9 Å². The van der Waals surface area contributed by atoms with E-state index < -0.39 is 0 Å². The van der Waals surface area contributed by atoms with Crippen LogP contribution in [0, 0.1) is 0 Å². The van der Waals surface area contributed by atoms with Crippen molar-refractivity contribution < 1.29 is 4.74 Å². The van der Waals surface area contributed by atoms with E-state index in [1.165, 1.54) is 6.42 Å². The Bertz CT molecular complexity index is 944. The van der Waals surface area contributed by atoms with Gasteiger partial charge in [-0.2, -0.15) is 0 Å². The summed E-state index contributed by atoms with van der Waals surface area (Å²) in [6, 6.07) is 12.8. The van der Waals surface area contributed by atoms with Crippen molar-refractivity contribution in [3.05, 3.63) is 69.0 Å². The summed E-state index contributed by atoms with van der Waals surface area (Å²) in [7, 11) is 0. The van der Waals surface area contributed by atoms with Gasteiger partial charge in [0.25, 0.3) is 0 Å². The SMILES string of the molecule is O=c1c2c([nH]c3ccc(Oc4ccc(Cl)cc4)cc13)CCCCC2. The van der Waals surface area contributed by atoms with Gasteiger partial charge in [0.2, 0.25) is 0 Å². The summed E-state index contributed by atoms with van der Waals surface area (Å²) in [5.41, 5.74) is 3.08. The number of H-pyrrole nitrogens is 1. The molecule has 1 aromatic heterocycles. The summed E-state index contributed by atoms with van der Waals surface area (Å²) in [6.07, 6.45) is 5.24. The molecule has 0 radical (unpaired) electrons. The third kappa shape index (κ3) is 2.92.